The molecule has 0 aromatic heterocycles. The number of carbonyl (C=O) groups is 1. The molecule has 1 unspecified atom stereocenters. The summed E-state index contributed by atoms with van der Waals surface area (Å²) in [5.41, 5.74) is -2.41. The highest BCUT2D eigenvalue weighted by Crippen LogP contribution is 2.34. The average Bonchev–Trinajstić information content (AvgIpc) is 2.26. The van der Waals surface area contributed by atoms with E-state index in [1.54, 1.807) is 0 Å². The lowest BCUT2D eigenvalue weighted by molar-refractivity contribution is -0.140. The molecule has 0 bridgehead atoms. The highest BCUT2D eigenvalue weighted by molar-refractivity contribution is 5.75. The third kappa shape index (κ3) is 3.18. The largest absolute Gasteiger partial charge is 0.481 e. The van der Waals surface area contributed by atoms with E-state index in [0.717, 1.165) is 13.0 Å². The monoisotopic (exact) mass is 268 g/mol. The number of halogens is 5. The van der Waals surface area contributed by atoms with E-state index in [2.05, 4.69) is 0 Å². The van der Waals surface area contributed by atoms with Crippen LogP contribution < -0.4 is 0 Å². The summed E-state index contributed by atoms with van der Waals surface area (Å²) in [6, 6.07) is 1.67. The maximum Gasteiger partial charge on any atom is 0.416 e. The van der Waals surface area contributed by atoms with E-state index in [-0.39, 0.29) is 5.56 Å². The second-order valence-corrected chi connectivity index (χ2v) is 3.75. The first kappa shape index (κ1) is 14.4. The Kier molecular flexibility index (Phi) is 3.93. The lowest BCUT2D eigenvalue weighted by Gasteiger charge is -2.14. The summed E-state index contributed by atoms with van der Waals surface area (Å²) in [5, 5.41) is 8.69. The van der Waals surface area contributed by atoms with Crippen molar-refractivity contribution in [3.63, 3.8) is 0 Å². The Labute approximate surface area is 99.0 Å². The Balaban J connectivity index is 3.36. The van der Waals surface area contributed by atoms with Crippen molar-refractivity contribution in [1.29, 1.82) is 0 Å². The van der Waals surface area contributed by atoms with Gasteiger partial charge in [0.25, 0.3) is 6.43 Å². The molecule has 0 aliphatic rings. The summed E-state index contributed by atoms with van der Waals surface area (Å²) in [6.07, 6.45) is -7.88. The van der Waals surface area contributed by atoms with Crippen LogP contribution in [0.5, 0.6) is 0 Å². The van der Waals surface area contributed by atoms with E-state index >= 15 is 0 Å². The maximum atomic E-state index is 12.5. The van der Waals surface area contributed by atoms with Gasteiger partial charge in [-0.1, -0.05) is 0 Å². The van der Waals surface area contributed by atoms with Crippen LogP contribution in [-0.4, -0.2) is 11.1 Å². The first-order chi connectivity index (χ1) is 8.12. The zero-order valence-corrected chi connectivity index (χ0v) is 9.13. The molecule has 0 aliphatic carbocycles. The fourth-order valence-corrected chi connectivity index (χ4v) is 1.36. The van der Waals surface area contributed by atoms with E-state index in [0.29, 0.717) is 12.1 Å². The topological polar surface area (TPSA) is 37.3 Å². The first-order valence-electron chi connectivity index (χ1n) is 4.86. The molecule has 7 heteroatoms. The Morgan fingerprint density at radius 1 is 1.17 bits per heavy atom. The van der Waals surface area contributed by atoms with Crippen molar-refractivity contribution < 1.29 is 31.9 Å². The van der Waals surface area contributed by atoms with Gasteiger partial charge < -0.3 is 5.11 Å². The first-order valence-corrected chi connectivity index (χ1v) is 4.86. The van der Waals surface area contributed by atoms with Gasteiger partial charge in [0, 0.05) is 5.56 Å². The standard InChI is InChI=1S/C11H9F5O2/c1-5(10(17)18)6-2-7(9(12)13)4-8(3-6)11(14,15)16/h2-5,9H,1H3,(H,17,18). The molecule has 2 nitrogen and oxygen atoms in total. The number of benzene rings is 1. The second kappa shape index (κ2) is 4.91. The molecule has 1 rings (SSSR count). The molecule has 100 valence electrons. The van der Waals surface area contributed by atoms with Crippen LogP contribution in [0, 0.1) is 0 Å². The third-order valence-electron chi connectivity index (χ3n) is 2.43. The maximum absolute atomic E-state index is 12.5. The molecule has 0 saturated heterocycles. The van der Waals surface area contributed by atoms with Gasteiger partial charge in [0.15, 0.2) is 0 Å². The van der Waals surface area contributed by atoms with Crippen molar-refractivity contribution in [1.82, 2.24) is 0 Å². The summed E-state index contributed by atoms with van der Waals surface area (Å²) in [5.74, 6) is -2.67. The number of aliphatic carboxylic acids is 1. The minimum Gasteiger partial charge on any atom is -0.481 e. The van der Waals surface area contributed by atoms with Gasteiger partial charge in [-0.3, -0.25) is 4.79 Å². The number of carboxylic acids is 1. The van der Waals surface area contributed by atoms with Crippen molar-refractivity contribution in [2.45, 2.75) is 25.4 Å². The van der Waals surface area contributed by atoms with E-state index in [1.165, 1.54) is 0 Å². The quantitative estimate of drug-likeness (QED) is 0.846. The number of hydrogen-bond donors (Lipinski definition) is 1. The van der Waals surface area contributed by atoms with Gasteiger partial charge in [0.05, 0.1) is 11.5 Å². The van der Waals surface area contributed by atoms with Gasteiger partial charge in [-0.05, 0) is 30.7 Å². The predicted molar refractivity (Wildman–Crippen MR) is 52.5 cm³/mol. The lowest BCUT2D eigenvalue weighted by Crippen LogP contribution is -2.12. The third-order valence-corrected chi connectivity index (χ3v) is 2.43. The van der Waals surface area contributed by atoms with Gasteiger partial charge in [0.2, 0.25) is 0 Å². The zero-order chi connectivity index (χ0) is 14.1. The SMILES string of the molecule is CC(C(=O)O)c1cc(C(F)F)cc(C(F)(F)F)c1. The van der Waals surface area contributed by atoms with E-state index in [4.69, 9.17) is 5.11 Å². The summed E-state index contributed by atoms with van der Waals surface area (Å²) >= 11 is 0. The van der Waals surface area contributed by atoms with E-state index < -0.39 is 35.6 Å². The molecule has 0 amide bonds. The minimum absolute atomic E-state index is 0.298. The second-order valence-electron chi connectivity index (χ2n) is 3.75. The Bertz CT molecular complexity index is 453. The molecule has 18 heavy (non-hydrogen) atoms. The van der Waals surface area contributed by atoms with Crippen molar-refractivity contribution >= 4 is 5.97 Å². The summed E-state index contributed by atoms with van der Waals surface area (Å²) in [7, 11) is 0. The molecule has 0 fully saturated rings. The number of carboxylic acid groups (broad SMARTS) is 1. The van der Waals surface area contributed by atoms with Gasteiger partial charge in [-0.15, -0.1) is 0 Å². The lowest BCUT2D eigenvalue weighted by atomic mass is 9.96. The van der Waals surface area contributed by atoms with Crippen LogP contribution in [0.25, 0.3) is 0 Å². The van der Waals surface area contributed by atoms with Crippen LogP contribution >= 0.6 is 0 Å². The molecule has 1 atom stereocenters. The van der Waals surface area contributed by atoms with Crippen molar-refractivity contribution in [2.75, 3.05) is 0 Å². The van der Waals surface area contributed by atoms with Gasteiger partial charge in [0.1, 0.15) is 0 Å². The molecule has 1 N–H and O–H groups in total. The van der Waals surface area contributed by atoms with Crippen molar-refractivity contribution in [3.05, 3.63) is 34.9 Å². The van der Waals surface area contributed by atoms with Crippen LogP contribution in [0.1, 0.15) is 36.0 Å². The Morgan fingerprint density at radius 3 is 2.06 bits per heavy atom. The molecule has 0 saturated carbocycles. The molecular formula is C11H9F5O2. The number of hydrogen-bond acceptors (Lipinski definition) is 1. The zero-order valence-electron chi connectivity index (χ0n) is 9.13. The molecule has 1 aromatic carbocycles. The Hall–Kier alpha value is -1.66. The predicted octanol–water partition coefficient (Wildman–Crippen LogP) is 3.83. The normalized spacial score (nSPS) is 13.7. The minimum atomic E-state index is -4.79. The van der Waals surface area contributed by atoms with Gasteiger partial charge >= 0.3 is 12.1 Å². The summed E-state index contributed by atoms with van der Waals surface area (Å²) in [4.78, 5) is 10.7. The summed E-state index contributed by atoms with van der Waals surface area (Å²) < 4.78 is 62.4. The van der Waals surface area contributed by atoms with E-state index in [9.17, 15) is 26.7 Å². The van der Waals surface area contributed by atoms with Crippen LogP contribution in [0.4, 0.5) is 22.0 Å². The summed E-state index contributed by atoms with van der Waals surface area (Å²) in [6.45, 7) is 1.13. The van der Waals surface area contributed by atoms with Crippen LogP contribution in [-0.2, 0) is 11.0 Å². The van der Waals surface area contributed by atoms with Crippen LogP contribution in [0.15, 0.2) is 18.2 Å². The van der Waals surface area contributed by atoms with Crippen molar-refractivity contribution in [2.24, 2.45) is 0 Å². The highest BCUT2D eigenvalue weighted by atomic mass is 19.4. The molecule has 0 radical (unpaired) electrons. The number of rotatable bonds is 3. The fraction of sp³-hybridized carbons (Fsp3) is 0.364. The average molecular weight is 268 g/mol. The Morgan fingerprint density at radius 2 is 1.67 bits per heavy atom. The number of alkyl halides is 5. The molecule has 1 aromatic rings. The molecular weight excluding hydrogens is 259 g/mol. The molecule has 0 heterocycles. The van der Waals surface area contributed by atoms with Crippen LogP contribution in [0.2, 0.25) is 0 Å². The van der Waals surface area contributed by atoms with Gasteiger partial charge in [-0.2, -0.15) is 13.2 Å². The van der Waals surface area contributed by atoms with E-state index in [1.807, 2.05) is 0 Å². The van der Waals surface area contributed by atoms with Crippen LogP contribution in [0.3, 0.4) is 0 Å². The van der Waals surface area contributed by atoms with Crippen molar-refractivity contribution in [3.8, 4) is 0 Å². The van der Waals surface area contributed by atoms with Gasteiger partial charge in [-0.25, -0.2) is 8.78 Å². The molecule has 0 aliphatic heterocycles. The molecule has 0 spiro atoms. The fourth-order valence-electron chi connectivity index (χ4n) is 1.36. The smallest absolute Gasteiger partial charge is 0.416 e. The highest BCUT2D eigenvalue weighted by Gasteiger charge is 2.33.